The highest BCUT2D eigenvalue weighted by molar-refractivity contribution is 5.89. The molecular formula is C25H40N4O5. The lowest BCUT2D eigenvalue weighted by atomic mass is 9.84. The van der Waals surface area contributed by atoms with Crippen molar-refractivity contribution in [3.63, 3.8) is 0 Å². The quantitative estimate of drug-likeness (QED) is 0.141. The van der Waals surface area contributed by atoms with Crippen LogP contribution in [-0.4, -0.2) is 59.6 Å². The van der Waals surface area contributed by atoms with E-state index in [-0.39, 0.29) is 31.3 Å². The molecule has 0 saturated carbocycles. The van der Waals surface area contributed by atoms with E-state index >= 15 is 0 Å². The van der Waals surface area contributed by atoms with Crippen LogP contribution in [0, 0.1) is 11.3 Å². The molecule has 0 spiro atoms. The van der Waals surface area contributed by atoms with Crippen LogP contribution in [-0.2, 0) is 25.6 Å². The molecular weight excluding hydrogens is 436 g/mol. The van der Waals surface area contributed by atoms with E-state index in [2.05, 4.69) is 16.0 Å². The summed E-state index contributed by atoms with van der Waals surface area (Å²) in [4.78, 5) is 48.2. The molecule has 0 saturated heterocycles. The summed E-state index contributed by atoms with van der Waals surface area (Å²) in [6.07, 6.45) is 3.16. The molecule has 0 radical (unpaired) electrons. The lowest BCUT2D eigenvalue weighted by molar-refractivity contribution is -0.166. The van der Waals surface area contributed by atoms with Gasteiger partial charge in [0.25, 0.3) is 0 Å². The van der Waals surface area contributed by atoms with E-state index in [0.717, 1.165) is 12.8 Å². The first kappa shape index (κ1) is 29.1. The van der Waals surface area contributed by atoms with Crippen LogP contribution in [0.15, 0.2) is 30.3 Å². The second kappa shape index (κ2) is 14.3. The number of nitrogens with zero attached hydrogens (tertiary/aromatic N) is 1. The molecule has 0 aliphatic rings. The van der Waals surface area contributed by atoms with Crippen LogP contribution in [0.2, 0.25) is 0 Å². The van der Waals surface area contributed by atoms with Crippen molar-refractivity contribution in [2.24, 2.45) is 11.3 Å². The van der Waals surface area contributed by atoms with Crippen LogP contribution in [0.25, 0.3) is 0 Å². The van der Waals surface area contributed by atoms with Gasteiger partial charge in [0, 0.05) is 20.0 Å². The zero-order valence-electron chi connectivity index (χ0n) is 21.0. The molecule has 3 atom stereocenters. The Kier molecular flexibility index (Phi) is 12.3. The maximum absolute atomic E-state index is 13.2. The van der Waals surface area contributed by atoms with Crippen molar-refractivity contribution in [3.05, 3.63) is 35.9 Å². The Bertz CT molecular complexity index is 794. The van der Waals surface area contributed by atoms with Gasteiger partial charge in [0.2, 0.25) is 24.1 Å². The summed E-state index contributed by atoms with van der Waals surface area (Å²) in [5, 5.41) is 18.6. The molecule has 4 N–H and O–H groups in total. The van der Waals surface area contributed by atoms with E-state index in [0.29, 0.717) is 17.9 Å². The van der Waals surface area contributed by atoms with Gasteiger partial charge in [0.1, 0.15) is 6.04 Å². The zero-order chi connectivity index (χ0) is 25.7. The predicted molar refractivity (Wildman–Crippen MR) is 130 cm³/mol. The summed E-state index contributed by atoms with van der Waals surface area (Å²) >= 11 is 0. The molecule has 1 aromatic rings. The van der Waals surface area contributed by atoms with Crippen LogP contribution < -0.4 is 16.0 Å². The lowest BCUT2D eigenvalue weighted by Gasteiger charge is -2.33. The predicted octanol–water partition coefficient (Wildman–Crippen LogP) is 2.03. The first-order valence-electron chi connectivity index (χ1n) is 11.8. The van der Waals surface area contributed by atoms with E-state index < -0.39 is 29.3 Å². The topological polar surface area (TPSA) is 128 Å². The van der Waals surface area contributed by atoms with Gasteiger partial charge in [-0.15, -0.1) is 0 Å². The van der Waals surface area contributed by atoms with Crippen LogP contribution in [0.4, 0.5) is 0 Å². The van der Waals surface area contributed by atoms with Gasteiger partial charge in [-0.05, 0) is 37.2 Å². The monoisotopic (exact) mass is 476 g/mol. The maximum Gasteiger partial charge on any atom is 0.243 e. The van der Waals surface area contributed by atoms with Gasteiger partial charge >= 0.3 is 0 Å². The molecule has 0 aliphatic heterocycles. The highest BCUT2D eigenvalue weighted by atomic mass is 16.5. The van der Waals surface area contributed by atoms with Crippen molar-refractivity contribution in [3.8, 4) is 0 Å². The van der Waals surface area contributed by atoms with Crippen LogP contribution in [0.1, 0.15) is 59.4 Å². The normalized spacial score (nSPS) is 13.8. The molecule has 9 heteroatoms. The number of unbranched alkanes of at least 4 members (excludes halogenated alkanes) is 1. The van der Waals surface area contributed by atoms with E-state index in [1.165, 1.54) is 12.5 Å². The number of rotatable bonds is 14. The number of aryl methyl sites for hydroxylation is 1. The summed E-state index contributed by atoms with van der Waals surface area (Å²) in [5.74, 6) is -1.64. The number of hydroxylamine groups is 2. The summed E-state index contributed by atoms with van der Waals surface area (Å²) in [6.45, 7) is 9.04. The molecule has 4 amide bonds. The fourth-order valence-corrected chi connectivity index (χ4v) is 3.66. The molecule has 1 aromatic carbocycles. The molecule has 0 bridgehead atoms. The lowest BCUT2D eigenvalue weighted by Crippen LogP contribution is -2.57. The third-order valence-corrected chi connectivity index (χ3v) is 5.73. The van der Waals surface area contributed by atoms with E-state index in [1.54, 1.807) is 6.92 Å². The standard InChI is InChI=1S/C25H40N4O5/c1-18(29(34)17-30)21(14-10-9-13-20-11-7-6-8-12-20)23(32)28-22(25(3,4)5)24(33)27-16-15-26-19(2)31/h6-8,11-12,17-18,21-22,34H,9-10,13-16H2,1-5H3,(H,26,31)(H,27,33)(H,28,32)/t18-,21+,22+/m0/s1. The second-order valence-electron chi connectivity index (χ2n) is 9.65. The van der Waals surface area contributed by atoms with E-state index in [4.69, 9.17) is 0 Å². The van der Waals surface area contributed by atoms with Gasteiger partial charge < -0.3 is 16.0 Å². The maximum atomic E-state index is 13.2. The van der Waals surface area contributed by atoms with Gasteiger partial charge in [0.05, 0.1) is 12.0 Å². The average molecular weight is 477 g/mol. The number of benzene rings is 1. The molecule has 9 nitrogen and oxygen atoms in total. The first-order valence-corrected chi connectivity index (χ1v) is 11.8. The molecule has 0 heterocycles. The molecule has 34 heavy (non-hydrogen) atoms. The summed E-state index contributed by atoms with van der Waals surface area (Å²) in [7, 11) is 0. The number of hydrogen-bond donors (Lipinski definition) is 4. The zero-order valence-corrected chi connectivity index (χ0v) is 21.0. The number of nitrogens with one attached hydrogen (secondary N) is 3. The van der Waals surface area contributed by atoms with E-state index in [9.17, 15) is 24.4 Å². The fourth-order valence-electron chi connectivity index (χ4n) is 3.66. The number of hydrogen-bond acceptors (Lipinski definition) is 5. The Morgan fingerprint density at radius 2 is 1.65 bits per heavy atom. The van der Waals surface area contributed by atoms with Crippen LogP contribution in [0.3, 0.4) is 0 Å². The third kappa shape index (κ3) is 10.3. The van der Waals surface area contributed by atoms with Crippen LogP contribution >= 0.6 is 0 Å². The Morgan fingerprint density at radius 1 is 1.03 bits per heavy atom. The van der Waals surface area contributed by atoms with Crippen molar-refractivity contribution in [2.45, 2.75) is 72.4 Å². The van der Waals surface area contributed by atoms with Gasteiger partial charge in [-0.1, -0.05) is 57.5 Å². The molecule has 1 rings (SSSR count). The van der Waals surface area contributed by atoms with Crippen molar-refractivity contribution in [1.29, 1.82) is 0 Å². The summed E-state index contributed by atoms with van der Waals surface area (Å²) < 4.78 is 0. The van der Waals surface area contributed by atoms with Crippen molar-refractivity contribution >= 4 is 24.1 Å². The number of carbonyl (C=O) groups is 4. The van der Waals surface area contributed by atoms with Crippen molar-refractivity contribution in [2.75, 3.05) is 13.1 Å². The Hall–Kier alpha value is -2.94. The Labute approximate surface area is 202 Å². The number of amides is 4. The summed E-state index contributed by atoms with van der Waals surface area (Å²) in [6, 6.07) is 8.44. The van der Waals surface area contributed by atoms with Crippen LogP contribution in [0.5, 0.6) is 0 Å². The Morgan fingerprint density at radius 3 is 2.21 bits per heavy atom. The van der Waals surface area contributed by atoms with Gasteiger partial charge in [-0.25, -0.2) is 5.06 Å². The first-order chi connectivity index (χ1) is 16.0. The fraction of sp³-hybridized carbons (Fsp3) is 0.600. The minimum atomic E-state index is -0.834. The Balaban J connectivity index is 2.83. The van der Waals surface area contributed by atoms with Crippen molar-refractivity contribution in [1.82, 2.24) is 21.0 Å². The van der Waals surface area contributed by atoms with Crippen molar-refractivity contribution < 1.29 is 24.4 Å². The highest BCUT2D eigenvalue weighted by Gasteiger charge is 2.36. The smallest absolute Gasteiger partial charge is 0.243 e. The van der Waals surface area contributed by atoms with E-state index in [1.807, 2.05) is 51.1 Å². The second-order valence-corrected chi connectivity index (χ2v) is 9.65. The highest BCUT2D eigenvalue weighted by Crippen LogP contribution is 2.23. The third-order valence-electron chi connectivity index (χ3n) is 5.73. The number of carbonyl (C=O) groups excluding carboxylic acids is 4. The minimum absolute atomic E-state index is 0.192. The molecule has 0 unspecified atom stereocenters. The molecule has 0 aliphatic carbocycles. The molecule has 190 valence electrons. The summed E-state index contributed by atoms with van der Waals surface area (Å²) in [5.41, 5.74) is 0.621. The minimum Gasteiger partial charge on any atom is -0.355 e. The van der Waals surface area contributed by atoms with Gasteiger partial charge in [0.15, 0.2) is 0 Å². The average Bonchev–Trinajstić information content (AvgIpc) is 2.78. The van der Waals surface area contributed by atoms with Gasteiger partial charge in [-0.3, -0.25) is 24.4 Å². The molecule has 0 fully saturated rings. The molecule has 0 aromatic heterocycles. The SMILES string of the molecule is CC(=O)NCCNC(=O)[C@@H](NC(=O)[C@H](CCCCc1ccccc1)[C@H](C)N(O)C=O)C(C)(C)C. The van der Waals surface area contributed by atoms with Gasteiger partial charge in [-0.2, -0.15) is 0 Å². The largest absolute Gasteiger partial charge is 0.355 e.